The lowest BCUT2D eigenvalue weighted by atomic mass is 10.2. The molecule has 0 atom stereocenters. The van der Waals surface area contributed by atoms with Crippen molar-refractivity contribution in [1.29, 1.82) is 0 Å². The van der Waals surface area contributed by atoms with Gasteiger partial charge in [-0.05, 0) is 24.4 Å². The van der Waals surface area contributed by atoms with Crippen molar-refractivity contribution in [3.63, 3.8) is 0 Å². The molecule has 5 heteroatoms. The van der Waals surface area contributed by atoms with Gasteiger partial charge in [0.05, 0.1) is 13.2 Å². The molecule has 20 heavy (non-hydrogen) atoms. The smallest absolute Gasteiger partial charge is 0.315 e. The average Bonchev–Trinajstić information content (AvgIpc) is 2.98. The van der Waals surface area contributed by atoms with E-state index in [1.54, 1.807) is 11.3 Å². The van der Waals surface area contributed by atoms with E-state index >= 15 is 0 Å². The zero-order valence-corrected chi connectivity index (χ0v) is 12.2. The van der Waals surface area contributed by atoms with Gasteiger partial charge in [0.25, 0.3) is 0 Å². The Balaban J connectivity index is 1.81. The van der Waals surface area contributed by atoms with Gasteiger partial charge in [-0.3, -0.25) is 0 Å². The first-order chi connectivity index (χ1) is 9.79. The molecule has 0 bridgehead atoms. The van der Waals surface area contributed by atoms with Crippen molar-refractivity contribution in [2.75, 3.05) is 6.61 Å². The molecule has 4 nitrogen and oxygen atoms in total. The average molecular weight is 290 g/mol. The van der Waals surface area contributed by atoms with E-state index in [-0.39, 0.29) is 6.03 Å². The molecule has 0 aliphatic carbocycles. The highest BCUT2D eigenvalue weighted by Gasteiger charge is 2.05. The molecule has 0 saturated carbocycles. The van der Waals surface area contributed by atoms with E-state index in [9.17, 15) is 4.79 Å². The van der Waals surface area contributed by atoms with Crippen LogP contribution in [0.3, 0.4) is 0 Å². The number of rotatable bonds is 6. The van der Waals surface area contributed by atoms with Crippen LogP contribution in [0.4, 0.5) is 4.79 Å². The topological polar surface area (TPSA) is 50.4 Å². The van der Waals surface area contributed by atoms with E-state index in [0.717, 1.165) is 16.2 Å². The first-order valence-corrected chi connectivity index (χ1v) is 7.42. The normalized spacial score (nSPS) is 10.1. The Morgan fingerprint density at radius 3 is 2.70 bits per heavy atom. The Kier molecular flexibility index (Phi) is 5.43. The van der Waals surface area contributed by atoms with Crippen LogP contribution in [0.5, 0.6) is 5.75 Å². The summed E-state index contributed by atoms with van der Waals surface area (Å²) in [5.41, 5.74) is 0.973. The van der Waals surface area contributed by atoms with Gasteiger partial charge in [0, 0.05) is 17.0 Å². The van der Waals surface area contributed by atoms with Crippen molar-refractivity contribution in [2.24, 2.45) is 0 Å². The van der Waals surface area contributed by atoms with Crippen LogP contribution in [0.2, 0.25) is 0 Å². The third-order valence-electron chi connectivity index (χ3n) is 2.72. The van der Waals surface area contributed by atoms with Crippen LogP contribution in [0.1, 0.15) is 17.4 Å². The summed E-state index contributed by atoms with van der Waals surface area (Å²) in [4.78, 5) is 12.9. The Bertz CT molecular complexity index is 541. The maximum Gasteiger partial charge on any atom is 0.315 e. The molecular weight excluding hydrogens is 272 g/mol. The molecule has 0 saturated heterocycles. The molecule has 0 spiro atoms. The number of benzene rings is 1. The monoisotopic (exact) mass is 290 g/mol. The Labute approximate surface area is 122 Å². The van der Waals surface area contributed by atoms with E-state index in [1.807, 2.05) is 48.7 Å². The second-order valence-corrected chi connectivity index (χ2v) is 5.19. The Morgan fingerprint density at radius 2 is 1.95 bits per heavy atom. The molecule has 2 N–H and O–H groups in total. The van der Waals surface area contributed by atoms with E-state index in [4.69, 9.17) is 4.74 Å². The summed E-state index contributed by atoms with van der Waals surface area (Å²) in [6, 6.07) is 11.5. The number of hydrogen-bond acceptors (Lipinski definition) is 3. The fraction of sp³-hybridized carbons (Fsp3) is 0.267. The Hall–Kier alpha value is -2.01. The van der Waals surface area contributed by atoms with Crippen molar-refractivity contribution in [1.82, 2.24) is 10.6 Å². The van der Waals surface area contributed by atoms with Crippen LogP contribution in [0.15, 0.2) is 41.8 Å². The molecule has 0 aliphatic rings. The van der Waals surface area contributed by atoms with Crippen molar-refractivity contribution in [2.45, 2.75) is 20.0 Å². The van der Waals surface area contributed by atoms with Crippen molar-refractivity contribution in [3.8, 4) is 5.75 Å². The zero-order chi connectivity index (χ0) is 14.2. The fourth-order valence-electron chi connectivity index (χ4n) is 1.76. The minimum Gasteiger partial charge on any atom is -0.494 e. The fourth-order valence-corrected chi connectivity index (χ4v) is 2.41. The lowest BCUT2D eigenvalue weighted by Crippen LogP contribution is -2.34. The first-order valence-electron chi connectivity index (χ1n) is 6.54. The lowest BCUT2D eigenvalue weighted by Gasteiger charge is -2.11. The zero-order valence-electron chi connectivity index (χ0n) is 11.4. The van der Waals surface area contributed by atoms with E-state index in [2.05, 4.69) is 10.6 Å². The SMILES string of the molecule is CCOc1ccccc1CNC(=O)NCc1cccs1. The van der Waals surface area contributed by atoms with Crippen molar-refractivity contribution >= 4 is 17.4 Å². The highest BCUT2D eigenvalue weighted by atomic mass is 32.1. The summed E-state index contributed by atoms with van der Waals surface area (Å²) in [5.74, 6) is 0.813. The van der Waals surface area contributed by atoms with Gasteiger partial charge < -0.3 is 15.4 Å². The first kappa shape index (κ1) is 14.4. The molecule has 0 aliphatic heterocycles. The Morgan fingerprint density at radius 1 is 1.15 bits per heavy atom. The van der Waals surface area contributed by atoms with Gasteiger partial charge in [0.2, 0.25) is 0 Å². The molecule has 1 aromatic heterocycles. The molecule has 0 radical (unpaired) electrons. The van der Waals surface area contributed by atoms with Gasteiger partial charge in [0.15, 0.2) is 0 Å². The summed E-state index contributed by atoms with van der Waals surface area (Å²) < 4.78 is 5.52. The summed E-state index contributed by atoms with van der Waals surface area (Å²) >= 11 is 1.63. The number of carbonyl (C=O) groups is 1. The number of thiophene rings is 1. The minimum absolute atomic E-state index is 0.176. The minimum atomic E-state index is -0.176. The van der Waals surface area contributed by atoms with Gasteiger partial charge in [-0.15, -0.1) is 11.3 Å². The number of hydrogen-bond donors (Lipinski definition) is 2. The highest BCUT2D eigenvalue weighted by molar-refractivity contribution is 7.09. The van der Waals surface area contributed by atoms with E-state index < -0.39 is 0 Å². The maximum absolute atomic E-state index is 11.7. The van der Waals surface area contributed by atoms with Crippen molar-refractivity contribution < 1.29 is 9.53 Å². The van der Waals surface area contributed by atoms with Crippen LogP contribution in [0, 0.1) is 0 Å². The van der Waals surface area contributed by atoms with Crippen molar-refractivity contribution in [3.05, 3.63) is 52.2 Å². The molecule has 2 aromatic rings. The quantitative estimate of drug-likeness (QED) is 0.858. The van der Waals surface area contributed by atoms with Crippen LogP contribution in [-0.2, 0) is 13.1 Å². The lowest BCUT2D eigenvalue weighted by molar-refractivity contribution is 0.240. The van der Waals surface area contributed by atoms with Crippen LogP contribution >= 0.6 is 11.3 Å². The molecule has 0 fully saturated rings. The molecule has 2 amide bonds. The van der Waals surface area contributed by atoms with E-state index in [1.165, 1.54) is 0 Å². The third kappa shape index (κ3) is 4.28. The van der Waals surface area contributed by atoms with Crippen LogP contribution < -0.4 is 15.4 Å². The molecule has 0 unspecified atom stereocenters. The van der Waals surface area contributed by atoms with Crippen LogP contribution in [0.25, 0.3) is 0 Å². The number of urea groups is 1. The molecule has 1 aromatic carbocycles. The van der Waals surface area contributed by atoms with Gasteiger partial charge in [-0.2, -0.15) is 0 Å². The van der Waals surface area contributed by atoms with Gasteiger partial charge in [0.1, 0.15) is 5.75 Å². The molecule has 1 heterocycles. The summed E-state index contributed by atoms with van der Waals surface area (Å²) in [7, 11) is 0. The van der Waals surface area contributed by atoms with Gasteiger partial charge >= 0.3 is 6.03 Å². The third-order valence-corrected chi connectivity index (χ3v) is 3.59. The summed E-state index contributed by atoms with van der Waals surface area (Å²) in [5, 5.41) is 7.65. The number of ether oxygens (including phenoxy) is 1. The number of carbonyl (C=O) groups excluding carboxylic acids is 1. The summed E-state index contributed by atoms with van der Waals surface area (Å²) in [6.45, 7) is 3.56. The number of para-hydroxylation sites is 1. The number of amides is 2. The second kappa shape index (κ2) is 7.55. The second-order valence-electron chi connectivity index (χ2n) is 4.16. The summed E-state index contributed by atoms with van der Waals surface area (Å²) in [6.07, 6.45) is 0. The largest absolute Gasteiger partial charge is 0.494 e. The predicted molar refractivity (Wildman–Crippen MR) is 81.0 cm³/mol. The molecular formula is C15H18N2O2S. The van der Waals surface area contributed by atoms with Gasteiger partial charge in [-0.25, -0.2) is 4.79 Å². The standard InChI is InChI=1S/C15H18N2O2S/c1-2-19-14-8-4-3-6-12(14)10-16-15(18)17-11-13-7-5-9-20-13/h3-9H,2,10-11H2,1H3,(H2,16,17,18). The molecule has 2 rings (SSSR count). The van der Waals surface area contributed by atoms with E-state index in [0.29, 0.717) is 19.7 Å². The molecule has 106 valence electrons. The highest BCUT2D eigenvalue weighted by Crippen LogP contribution is 2.17. The van der Waals surface area contributed by atoms with Crippen LogP contribution in [-0.4, -0.2) is 12.6 Å². The predicted octanol–water partition coefficient (Wildman–Crippen LogP) is 3.15. The maximum atomic E-state index is 11.7. The number of nitrogens with one attached hydrogen (secondary N) is 2. The van der Waals surface area contributed by atoms with Gasteiger partial charge in [-0.1, -0.05) is 24.3 Å².